The maximum absolute atomic E-state index is 14.7. The molecule has 1 heterocycles. The third kappa shape index (κ3) is 3.13. The number of benzene rings is 2. The standard InChI is InChI=1S/C15H14BFN2O4S/c1-24(21,22)19-16(20)14-12(9-18-19)7-8-13(15(14)17)23-10-11-5-3-2-4-6-11/h2-9,20H,10H2,1H3. The smallest absolute Gasteiger partial charge is 0.486 e. The summed E-state index contributed by atoms with van der Waals surface area (Å²) in [5, 5.41) is 13.8. The number of ether oxygens (including phenoxy) is 1. The number of sulfonamides is 1. The van der Waals surface area contributed by atoms with Crippen LogP contribution in [0, 0.1) is 5.82 Å². The second-order valence-electron chi connectivity index (χ2n) is 5.31. The highest BCUT2D eigenvalue weighted by molar-refractivity contribution is 7.89. The van der Waals surface area contributed by atoms with Crippen LogP contribution in [-0.2, 0) is 16.6 Å². The van der Waals surface area contributed by atoms with Crippen LogP contribution >= 0.6 is 0 Å². The maximum Gasteiger partial charge on any atom is 0.487 e. The van der Waals surface area contributed by atoms with Crippen molar-refractivity contribution < 1.29 is 22.6 Å². The average Bonchev–Trinajstić information content (AvgIpc) is 2.54. The van der Waals surface area contributed by atoms with Gasteiger partial charge in [0.05, 0.1) is 12.5 Å². The van der Waals surface area contributed by atoms with Gasteiger partial charge in [-0.1, -0.05) is 30.3 Å². The van der Waals surface area contributed by atoms with Crippen LogP contribution in [0.5, 0.6) is 5.75 Å². The summed E-state index contributed by atoms with van der Waals surface area (Å²) in [6, 6.07) is 12.2. The van der Waals surface area contributed by atoms with Crippen LogP contribution in [0.4, 0.5) is 4.39 Å². The highest BCUT2D eigenvalue weighted by Crippen LogP contribution is 2.21. The lowest BCUT2D eigenvalue weighted by Gasteiger charge is -2.25. The molecule has 0 aromatic heterocycles. The second kappa shape index (κ2) is 6.25. The van der Waals surface area contributed by atoms with Crippen LogP contribution in [-0.4, -0.2) is 37.3 Å². The Labute approximate surface area is 139 Å². The van der Waals surface area contributed by atoms with E-state index in [1.54, 1.807) is 0 Å². The quantitative estimate of drug-likeness (QED) is 0.825. The number of halogens is 1. The Bertz CT molecular complexity index is 890. The van der Waals surface area contributed by atoms with Gasteiger partial charge in [0.25, 0.3) is 0 Å². The minimum Gasteiger partial charge on any atom is -0.486 e. The van der Waals surface area contributed by atoms with E-state index in [9.17, 15) is 17.8 Å². The fourth-order valence-electron chi connectivity index (χ4n) is 2.37. The molecule has 0 atom stereocenters. The predicted octanol–water partition coefficient (Wildman–Crippen LogP) is 0.701. The topological polar surface area (TPSA) is 79.2 Å². The Kier molecular flexibility index (Phi) is 4.29. The first-order valence-corrected chi connectivity index (χ1v) is 8.93. The molecule has 0 unspecified atom stereocenters. The molecule has 9 heteroatoms. The van der Waals surface area contributed by atoms with Crippen molar-refractivity contribution in [3.63, 3.8) is 0 Å². The molecule has 0 aliphatic carbocycles. The van der Waals surface area contributed by atoms with Crippen LogP contribution in [0.15, 0.2) is 47.6 Å². The lowest BCUT2D eigenvalue weighted by atomic mass is 9.71. The van der Waals surface area contributed by atoms with Gasteiger partial charge in [0, 0.05) is 5.46 Å². The third-order valence-electron chi connectivity index (χ3n) is 3.53. The van der Waals surface area contributed by atoms with Crippen LogP contribution in [0.2, 0.25) is 0 Å². The van der Waals surface area contributed by atoms with Gasteiger partial charge in [-0.3, -0.25) is 0 Å². The zero-order chi connectivity index (χ0) is 17.3. The van der Waals surface area contributed by atoms with E-state index < -0.39 is 22.9 Å². The molecule has 1 N–H and O–H groups in total. The number of rotatable bonds is 4. The molecule has 1 aliphatic rings. The predicted molar refractivity (Wildman–Crippen MR) is 89.1 cm³/mol. The molecule has 6 nitrogen and oxygen atoms in total. The largest absolute Gasteiger partial charge is 0.487 e. The maximum atomic E-state index is 14.7. The Morgan fingerprint density at radius 2 is 1.96 bits per heavy atom. The van der Waals surface area contributed by atoms with Crippen molar-refractivity contribution in [2.75, 3.05) is 6.26 Å². The average molecular weight is 348 g/mol. The molecule has 0 radical (unpaired) electrons. The first-order chi connectivity index (χ1) is 11.4. The molecule has 0 spiro atoms. The monoisotopic (exact) mass is 348 g/mol. The number of hydrogen-bond acceptors (Lipinski definition) is 5. The summed E-state index contributed by atoms with van der Waals surface area (Å²) >= 11 is 0. The summed E-state index contributed by atoms with van der Waals surface area (Å²) in [7, 11) is -5.56. The van der Waals surface area contributed by atoms with Gasteiger partial charge in [-0.15, -0.1) is 0 Å². The van der Waals surface area contributed by atoms with E-state index in [4.69, 9.17) is 4.74 Å². The lowest BCUT2D eigenvalue weighted by molar-refractivity contribution is 0.291. The van der Waals surface area contributed by atoms with Crippen molar-refractivity contribution in [2.24, 2.45) is 5.10 Å². The van der Waals surface area contributed by atoms with Gasteiger partial charge >= 0.3 is 7.05 Å². The number of nitrogens with zero attached hydrogens (tertiary/aromatic N) is 2. The van der Waals surface area contributed by atoms with Crippen molar-refractivity contribution in [2.45, 2.75) is 6.61 Å². The Balaban J connectivity index is 1.91. The van der Waals surface area contributed by atoms with E-state index in [2.05, 4.69) is 5.10 Å². The fraction of sp³-hybridized carbons (Fsp3) is 0.133. The number of hydrazone groups is 1. The molecule has 0 fully saturated rings. The van der Waals surface area contributed by atoms with Gasteiger partial charge in [-0.25, -0.2) is 17.1 Å². The fourth-order valence-corrected chi connectivity index (χ4v) is 3.06. The van der Waals surface area contributed by atoms with Gasteiger partial charge in [0.1, 0.15) is 6.61 Å². The molecule has 0 bridgehead atoms. The molecule has 2 aromatic rings. The summed E-state index contributed by atoms with van der Waals surface area (Å²) in [4.78, 5) is 0. The molecular weight excluding hydrogens is 334 g/mol. The first kappa shape index (κ1) is 16.5. The summed E-state index contributed by atoms with van der Waals surface area (Å²) in [6.07, 6.45) is 2.07. The lowest BCUT2D eigenvalue weighted by Crippen LogP contribution is -2.53. The molecule has 1 aliphatic heterocycles. The molecule has 2 aromatic carbocycles. The van der Waals surface area contributed by atoms with Gasteiger partial charge in [-0.05, 0) is 23.3 Å². The molecular formula is C15H14BFN2O4S. The summed E-state index contributed by atoms with van der Waals surface area (Å²) < 4.78 is 43.8. The highest BCUT2D eigenvalue weighted by Gasteiger charge is 2.38. The SMILES string of the molecule is CS(=O)(=O)N1N=Cc2ccc(OCc3ccccc3)c(F)c2B1O. The number of fused-ring (bicyclic) bond motifs is 1. The van der Waals surface area contributed by atoms with E-state index >= 15 is 0 Å². The zero-order valence-corrected chi connectivity index (χ0v) is 13.6. The van der Waals surface area contributed by atoms with Gasteiger partial charge < -0.3 is 9.76 Å². The number of hydrogen-bond donors (Lipinski definition) is 1. The second-order valence-corrected chi connectivity index (χ2v) is 7.15. The Morgan fingerprint density at radius 1 is 1.25 bits per heavy atom. The Morgan fingerprint density at radius 3 is 2.62 bits per heavy atom. The van der Waals surface area contributed by atoms with Crippen molar-refractivity contribution in [1.29, 1.82) is 0 Å². The Hall–Kier alpha value is -2.39. The van der Waals surface area contributed by atoms with Crippen molar-refractivity contribution in [1.82, 2.24) is 4.33 Å². The van der Waals surface area contributed by atoms with E-state index in [-0.39, 0.29) is 17.8 Å². The molecule has 24 heavy (non-hydrogen) atoms. The van der Waals surface area contributed by atoms with Crippen molar-refractivity contribution in [3.8, 4) is 5.75 Å². The molecule has 3 rings (SSSR count). The molecule has 124 valence electrons. The van der Waals surface area contributed by atoms with Crippen LogP contribution in [0.3, 0.4) is 0 Å². The van der Waals surface area contributed by atoms with Gasteiger partial charge in [-0.2, -0.15) is 5.10 Å². The molecule has 0 amide bonds. The van der Waals surface area contributed by atoms with Crippen molar-refractivity contribution >= 4 is 28.8 Å². The van der Waals surface area contributed by atoms with E-state index in [1.807, 2.05) is 30.3 Å². The molecule has 0 saturated carbocycles. The van der Waals surface area contributed by atoms with Crippen LogP contribution in [0.1, 0.15) is 11.1 Å². The summed E-state index contributed by atoms with van der Waals surface area (Å²) in [5.74, 6) is -0.879. The van der Waals surface area contributed by atoms with E-state index in [0.29, 0.717) is 9.89 Å². The zero-order valence-electron chi connectivity index (χ0n) is 12.8. The highest BCUT2D eigenvalue weighted by atomic mass is 32.2. The normalized spacial score (nSPS) is 13.8. The minimum atomic E-state index is -3.82. The van der Waals surface area contributed by atoms with Gasteiger partial charge in [0.15, 0.2) is 11.6 Å². The van der Waals surface area contributed by atoms with Crippen LogP contribution in [0.25, 0.3) is 0 Å². The molecule has 0 saturated heterocycles. The summed E-state index contributed by atoms with van der Waals surface area (Å²) in [6.45, 7) is 0.149. The van der Waals surface area contributed by atoms with E-state index in [0.717, 1.165) is 11.8 Å². The summed E-state index contributed by atoms with van der Waals surface area (Å²) in [5.41, 5.74) is 0.974. The van der Waals surface area contributed by atoms with Crippen molar-refractivity contribution in [3.05, 3.63) is 59.4 Å². The first-order valence-electron chi connectivity index (χ1n) is 7.08. The minimum absolute atomic E-state index is 0.0691. The van der Waals surface area contributed by atoms with E-state index in [1.165, 1.54) is 18.3 Å². The van der Waals surface area contributed by atoms with Gasteiger partial charge in [0.2, 0.25) is 10.0 Å². The third-order valence-corrected chi connectivity index (χ3v) is 4.51. The van der Waals surface area contributed by atoms with Crippen LogP contribution < -0.4 is 10.2 Å².